The van der Waals surface area contributed by atoms with Gasteiger partial charge in [-0.3, -0.25) is 19.8 Å². The molecular formula is C25H29Cl2N6O4+. The highest BCUT2D eigenvalue weighted by atomic mass is 35.5. The van der Waals surface area contributed by atoms with E-state index in [9.17, 15) is 14.4 Å². The predicted octanol–water partition coefficient (Wildman–Crippen LogP) is 0.906. The van der Waals surface area contributed by atoms with Crippen molar-refractivity contribution in [2.24, 2.45) is 5.92 Å². The van der Waals surface area contributed by atoms with E-state index in [-0.39, 0.29) is 42.4 Å². The number of ketones is 1. The zero-order valence-corrected chi connectivity index (χ0v) is 21.9. The molecule has 2 aromatic rings. The molecule has 1 aromatic carbocycles. The second-order valence-electron chi connectivity index (χ2n) is 9.14. The van der Waals surface area contributed by atoms with Crippen LogP contribution in [0.5, 0.6) is 5.75 Å². The fourth-order valence-electron chi connectivity index (χ4n) is 4.18. The molecule has 1 saturated carbocycles. The molecule has 4 rings (SSSR count). The van der Waals surface area contributed by atoms with Gasteiger partial charge >= 0.3 is 0 Å². The standard InChI is InChI=1S/C25H28Cl2N6O4/c1-15(34)23(28)18-10-17(37-14-21-29-7-3-8-30-21)5-6-19(18)31-13-22(35)33-9-2-4-20(33)24(36)32-12-16-11-25(16,26)27/h3,5-8,10,16,20,28,31H,2,4,9,11-14H2,1H3,(H,32,36)/p+1/t16-,20-/m0/s1. The summed E-state index contributed by atoms with van der Waals surface area (Å²) in [5.74, 6) is 0.241. The Hall–Kier alpha value is -3.24. The largest absolute Gasteiger partial charge is 0.486 e. The van der Waals surface area contributed by atoms with E-state index in [1.807, 2.05) is 0 Å². The van der Waals surface area contributed by atoms with Crippen molar-refractivity contribution < 1.29 is 24.5 Å². The van der Waals surface area contributed by atoms with Crippen LogP contribution in [0.1, 0.15) is 37.6 Å². The van der Waals surface area contributed by atoms with Crippen molar-refractivity contribution in [3.8, 4) is 5.75 Å². The molecule has 0 radical (unpaired) electrons. The first-order chi connectivity index (χ1) is 17.7. The lowest BCUT2D eigenvalue weighted by Crippen LogP contribution is -2.48. The number of alkyl halides is 2. The van der Waals surface area contributed by atoms with Gasteiger partial charge < -0.3 is 20.3 Å². The molecule has 196 valence electrons. The Morgan fingerprint density at radius 2 is 1.97 bits per heavy atom. The molecule has 1 aliphatic carbocycles. The van der Waals surface area contributed by atoms with Gasteiger partial charge in [0.1, 0.15) is 22.7 Å². The number of nitrogens with zero attached hydrogens (tertiary/aromatic N) is 3. The lowest BCUT2D eigenvalue weighted by molar-refractivity contribution is -0.137. The Morgan fingerprint density at radius 3 is 2.65 bits per heavy atom. The maximum absolute atomic E-state index is 13.0. The van der Waals surface area contributed by atoms with Gasteiger partial charge in [0.25, 0.3) is 0 Å². The van der Waals surface area contributed by atoms with Gasteiger partial charge in [-0.05, 0) is 43.5 Å². The number of anilines is 1. The van der Waals surface area contributed by atoms with Crippen molar-refractivity contribution in [3.05, 3.63) is 48.0 Å². The first kappa shape index (κ1) is 26.8. The van der Waals surface area contributed by atoms with Crippen LogP contribution in [0.4, 0.5) is 5.69 Å². The molecule has 2 heterocycles. The van der Waals surface area contributed by atoms with Gasteiger partial charge in [0.2, 0.25) is 23.3 Å². The SMILES string of the molecule is CC(=O)C(=[NH2+])c1cc(OCc2ncccn2)ccc1NCC(=O)N1CCC[C@H]1C(=O)NC[C@@H]1CC1(Cl)Cl. The minimum absolute atomic E-state index is 0.0283. The number of Topliss-reactive ketones (excluding diaryl/α,β-unsaturated/α-hetero) is 1. The van der Waals surface area contributed by atoms with E-state index in [0.29, 0.717) is 48.8 Å². The molecule has 12 heteroatoms. The number of hydrogen-bond donors (Lipinski definition) is 3. The third-order valence-corrected chi connectivity index (χ3v) is 7.36. The van der Waals surface area contributed by atoms with Crippen molar-refractivity contribution in [3.63, 3.8) is 0 Å². The normalized spacial score (nSPS) is 19.7. The summed E-state index contributed by atoms with van der Waals surface area (Å²) < 4.78 is 4.98. The molecule has 2 amide bonds. The van der Waals surface area contributed by atoms with E-state index in [4.69, 9.17) is 33.3 Å². The first-order valence-electron chi connectivity index (χ1n) is 12.0. The van der Waals surface area contributed by atoms with Crippen molar-refractivity contribution in [1.29, 1.82) is 0 Å². The Bertz CT molecular complexity index is 1190. The molecule has 4 N–H and O–H groups in total. The maximum atomic E-state index is 13.0. The predicted molar refractivity (Wildman–Crippen MR) is 138 cm³/mol. The summed E-state index contributed by atoms with van der Waals surface area (Å²) in [6, 6.07) is 6.18. The third kappa shape index (κ3) is 6.75. The van der Waals surface area contributed by atoms with Crippen LogP contribution in [0.3, 0.4) is 0 Å². The van der Waals surface area contributed by atoms with Crippen molar-refractivity contribution >= 4 is 52.2 Å². The molecule has 1 saturated heterocycles. The number of aromatic nitrogens is 2. The van der Waals surface area contributed by atoms with E-state index in [2.05, 4.69) is 20.6 Å². The summed E-state index contributed by atoms with van der Waals surface area (Å²) in [4.78, 5) is 47.6. The molecule has 2 aliphatic rings. The minimum Gasteiger partial charge on any atom is -0.486 e. The summed E-state index contributed by atoms with van der Waals surface area (Å²) in [7, 11) is 0. The Labute approximate surface area is 224 Å². The number of likely N-dealkylation sites (tertiary alicyclic amines) is 1. The number of benzene rings is 1. The number of ether oxygens (including phenoxy) is 1. The fraction of sp³-hybridized carbons (Fsp3) is 0.440. The first-order valence-corrected chi connectivity index (χ1v) is 12.8. The lowest BCUT2D eigenvalue weighted by atomic mass is 10.0. The van der Waals surface area contributed by atoms with Crippen LogP contribution in [-0.2, 0) is 21.0 Å². The van der Waals surface area contributed by atoms with Gasteiger partial charge in [-0.15, -0.1) is 23.2 Å². The molecule has 0 spiro atoms. The van der Waals surface area contributed by atoms with Crippen molar-refractivity contribution in [2.45, 2.75) is 43.2 Å². The molecule has 10 nitrogen and oxygen atoms in total. The highest BCUT2D eigenvalue weighted by molar-refractivity contribution is 6.50. The monoisotopic (exact) mass is 547 g/mol. The van der Waals surface area contributed by atoms with Crippen LogP contribution in [-0.4, -0.2) is 68.2 Å². The Balaban J connectivity index is 1.38. The topological polar surface area (TPSA) is 139 Å². The van der Waals surface area contributed by atoms with Crippen LogP contribution in [0.2, 0.25) is 0 Å². The van der Waals surface area contributed by atoms with Crippen LogP contribution in [0.25, 0.3) is 0 Å². The Morgan fingerprint density at radius 1 is 1.24 bits per heavy atom. The number of carbonyl (C=O) groups is 3. The number of rotatable bonds is 11. The molecule has 37 heavy (non-hydrogen) atoms. The van der Waals surface area contributed by atoms with Crippen LogP contribution >= 0.6 is 23.2 Å². The fourth-order valence-corrected chi connectivity index (χ4v) is 4.70. The highest BCUT2D eigenvalue weighted by Crippen LogP contribution is 2.52. The zero-order valence-electron chi connectivity index (χ0n) is 20.4. The second-order valence-corrected chi connectivity index (χ2v) is 10.7. The number of hydrogen-bond acceptors (Lipinski definition) is 7. The zero-order chi connectivity index (χ0) is 26.6. The van der Waals surface area contributed by atoms with Gasteiger partial charge in [0.05, 0.1) is 12.1 Å². The minimum atomic E-state index is -0.769. The third-order valence-electron chi connectivity index (χ3n) is 6.43. The second kappa shape index (κ2) is 11.4. The summed E-state index contributed by atoms with van der Waals surface area (Å²) in [5.41, 5.74) is 0.945. The van der Waals surface area contributed by atoms with Crippen molar-refractivity contribution in [2.75, 3.05) is 25.0 Å². The van der Waals surface area contributed by atoms with Gasteiger partial charge in [0, 0.05) is 44.0 Å². The summed E-state index contributed by atoms with van der Waals surface area (Å²) in [6.07, 6.45) is 5.20. The average Bonchev–Trinajstić information content (AvgIpc) is 3.26. The number of nitrogens with two attached hydrogens (primary N) is 1. The lowest BCUT2D eigenvalue weighted by Gasteiger charge is -2.24. The molecule has 2 atom stereocenters. The number of carbonyl (C=O) groups excluding carboxylic acids is 3. The molecule has 0 bridgehead atoms. The van der Waals surface area contributed by atoms with Crippen LogP contribution in [0, 0.1) is 5.92 Å². The summed E-state index contributed by atoms with van der Waals surface area (Å²) >= 11 is 12.1. The number of nitrogens with one attached hydrogen (secondary N) is 2. The van der Waals surface area contributed by atoms with Gasteiger partial charge in [-0.2, -0.15) is 0 Å². The van der Waals surface area contributed by atoms with Gasteiger partial charge in [-0.25, -0.2) is 9.97 Å². The van der Waals surface area contributed by atoms with Gasteiger partial charge in [0.15, 0.2) is 5.82 Å². The quantitative estimate of drug-likeness (QED) is 0.280. The molecule has 1 aromatic heterocycles. The molecule has 1 aliphatic heterocycles. The van der Waals surface area contributed by atoms with Crippen LogP contribution in [0.15, 0.2) is 36.7 Å². The molecule has 0 unspecified atom stereocenters. The Kier molecular flexibility index (Phi) is 8.29. The van der Waals surface area contributed by atoms with E-state index in [0.717, 1.165) is 6.42 Å². The van der Waals surface area contributed by atoms with E-state index < -0.39 is 10.4 Å². The van der Waals surface area contributed by atoms with Crippen LogP contribution < -0.4 is 20.8 Å². The van der Waals surface area contributed by atoms with Crippen molar-refractivity contribution in [1.82, 2.24) is 20.2 Å². The van der Waals surface area contributed by atoms with E-state index in [1.54, 1.807) is 41.6 Å². The highest BCUT2D eigenvalue weighted by Gasteiger charge is 2.51. The number of amides is 2. The smallest absolute Gasteiger partial charge is 0.249 e. The van der Waals surface area contributed by atoms with E-state index >= 15 is 0 Å². The maximum Gasteiger partial charge on any atom is 0.249 e. The number of halogens is 2. The van der Waals surface area contributed by atoms with Gasteiger partial charge in [-0.1, -0.05) is 0 Å². The average molecular weight is 548 g/mol. The summed E-state index contributed by atoms with van der Waals surface area (Å²) in [5, 5.41) is 12.0. The molecule has 2 fully saturated rings. The molecular weight excluding hydrogens is 519 g/mol. The van der Waals surface area contributed by atoms with E-state index in [1.165, 1.54) is 6.92 Å². The summed E-state index contributed by atoms with van der Waals surface area (Å²) in [6.45, 7) is 2.30.